The van der Waals surface area contributed by atoms with Crippen LogP contribution < -0.4 is 4.72 Å². The van der Waals surface area contributed by atoms with Gasteiger partial charge in [0.2, 0.25) is 10.0 Å². The predicted octanol–water partition coefficient (Wildman–Crippen LogP) is 0.656. The fourth-order valence-electron chi connectivity index (χ4n) is 0.977. The van der Waals surface area contributed by atoms with Crippen molar-refractivity contribution in [3.05, 3.63) is 0 Å². The fourth-order valence-corrected chi connectivity index (χ4v) is 2.06. The first-order valence-electron chi connectivity index (χ1n) is 5.06. The Kier molecular flexibility index (Phi) is 6.31. The van der Waals surface area contributed by atoms with E-state index in [0.717, 1.165) is 6.54 Å². The third kappa shape index (κ3) is 6.34. The van der Waals surface area contributed by atoms with Gasteiger partial charge in [-0.25, -0.2) is 13.1 Å². The molecular formula is C9H22N2O2S. The van der Waals surface area contributed by atoms with Crippen molar-refractivity contribution in [2.24, 2.45) is 0 Å². The summed E-state index contributed by atoms with van der Waals surface area (Å²) >= 11 is 0. The number of nitrogens with zero attached hydrogens (tertiary/aromatic N) is 1. The molecule has 0 rings (SSSR count). The molecule has 0 spiro atoms. The average Bonchev–Trinajstić information content (AvgIpc) is 2.03. The molecule has 1 N–H and O–H groups in total. The van der Waals surface area contributed by atoms with Crippen LogP contribution in [0.1, 0.15) is 27.2 Å². The van der Waals surface area contributed by atoms with Crippen molar-refractivity contribution in [1.82, 2.24) is 9.62 Å². The van der Waals surface area contributed by atoms with Gasteiger partial charge in [0, 0.05) is 19.1 Å². The third-order valence-electron chi connectivity index (χ3n) is 2.14. The van der Waals surface area contributed by atoms with E-state index in [0.29, 0.717) is 19.0 Å². The van der Waals surface area contributed by atoms with Crippen molar-refractivity contribution in [1.29, 1.82) is 0 Å². The Morgan fingerprint density at radius 1 is 1.36 bits per heavy atom. The number of hydrogen-bond donors (Lipinski definition) is 1. The molecule has 0 aromatic heterocycles. The van der Waals surface area contributed by atoms with E-state index >= 15 is 0 Å². The highest BCUT2D eigenvalue weighted by Gasteiger charge is 2.08. The first-order chi connectivity index (χ1) is 6.39. The highest BCUT2D eigenvalue weighted by molar-refractivity contribution is 7.89. The molecule has 0 atom stereocenters. The second-order valence-corrected chi connectivity index (χ2v) is 5.71. The van der Waals surface area contributed by atoms with Crippen LogP contribution in [0.3, 0.4) is 0 Å². The van der Waals surface area contributed by atoms with Gasteiger partial charge in [-0.3, -0.25) is 0 Å². The lowest BCUT2D eigenvalue weighted by molar-refractivity contribution is 0.278. The van der Waals surface area contributed by atoms with Crippen molar-refractivity contribution in [3.63, 3.8) is 0 Å². The molecule has 0 saturated heterocycles. The van der Waals surface area contributed by atoms with E-state index in [1.54, 1.807) is 0 Å². The molecule has 0 heterocycles. The van der Waals surface area contributed by atoms with Crippen LogP contribution >= 0.6 is 0 Å². The number of sulfonamides is 1. The zero-order valence-electron chi connectivity index (χ0n) is 9.58. The molecule has 0 aliphatic heterocycles. The van der Waals surface area contributed by atoms with Crippen LogP contribution in [0.4, 0.5) is 0 Å². The largest absolute Gasteiger partial charge is 0.303 e. The van der Waals surface area contributed by atoms with Crippen molar-refractivity contribution < 1.29 is 8.42 Å². The van der Waals surface area contributed by atoms with Crippen molar-refractivity contribution >= 4 is 10.0 Å². The normalized spacial score (nSPS) is 12.7. The summed E-state index contributed by atoms with van der Waals surface area (Å²) in [6, 6.07) is 0.450. The van der Waals surface area contributed by atoms with Crippen LogP contribution in [0, 0.1) is 0 Å². The predicted molar refractivity (Wildman–Crippen MR) is 59.8 cm³/mol. The number of rotatable bonds is 7. The molecule has 0 unspecified atom stereocenters. The molecular weight excluding hydrogens is 200 g/mol. The van der Waals surface area contributed by atoms with Crippen LogP contribution in [0.15, 0.2) is 0 Å². The van der Waals surface area contributed by atoms with E-state index in [-0.39, 0.29) is 5.75 Å². The van der Waals surface area contributed by atoms with Gasteiger partial charge < -0.3 is 4.90 Å². The lowest BCUT2D eigenvalue weighted by atomic mass is 10.3. The van der Waals surface area contributed by atoms with E-state index in [1.807, 2.05) is 14.0 Å². The SMILES string of the molecule is CCCS(=O)(=O)NCCN(C)C(C)C. The maximum atomic E-state index is 11.3. The summed E-state index contributed by atoms with van der Waals surface area (Å²) in [5, 5.41) is 0. The number of hydrogen-bond acceptors (Lipinski definition) is 3. The molecule has 0 aromatic carbocycles. The van der Waals surface area contributed by atoms with Crippen LogP contribution in [-0.4, -0.2) is 45.2 Å². The summed E-state index contributed by atoms with van der Waals surface area (Å²) < 4.78 is 25.1. The standard InChI is InChI=1S/C9H22N2O2S/c1-5-8-14(12,13)10-6-7-11(4)9(2)3/h9-10H,5-8H2,1-4H3. The van der Waals surface area contributed by atoms with Crippen LogP contribution in [0.5, 0.6) is 0 Å². The molecule has 0 aliphatic carbocycles. The summed E-state index contributed by atoms with van der Waals surface area (Å²) in [5.74, 6) is 0.221. The smallest absolute Gasteiger partial charge is 0.211 e. The summed E-state index contributed by atoms with van der Waals surface area (Å²) in [6.45, 7) is 7.28. The van der Waals surface area contributed by atoms with E-state index < -0.39 is 10.0 Å². The summed E-state index contributed by atoms with van der Waals surface area (Å²) in [7, 11) is -1.04. The summed E-state index contributed by atoms with van der Waals surface area (Å²) in [5.41, 5.74) is 0. The minimum Gasteiger partial charge on any atom is -0.303 e. The zero-order valence-corrected chi connectivity index (χ0v) is 10.4. The Labute approximate surface area is 87.7 Å². The summed E-state index contributed by atoms with van der Waals surface area (Å²) in [6.07, 6.45) is 0.662. The fraction of sp³-hybridized carbons (Fsp3) is 1.00. The molecule has 0 aromatic rings. The van der Waals surface area contributed by atoms with E-state index in [1.165, 1.54) is 0 Å². The molecule has 0 bridgehead atoms. The number of likely N-dealkylation sites (N-methyl/N-ethyl adjacent to an activating group) is 1. The van der Waals surface area contributed by atoms with Gasteiger partial charge in [-0.1, -0.05) is 6.92 Å². The summed E-state index contributed by atoms with van der Waals surface area (Å²) in [4.78, 5) is 2.11. The van der Waals surface area contributed by atoms with Gasteiger partial charge in [0.1, 0.15) is 0 Å². The van der Waals surface area contributed by atoms with Gasteiger partial charge >= 0.3 is 0 Å². The lowest BCUT2D eigenvalue weighted by Crippen LogP contribution is -2.36. The first kappa shape index (κ1) is 13.9. The van der Waals surface area contributed by atoms with Gasteiger partial charge in [0.15, 0.2) is 0 Å². The van der Waals surface area contributed by atoms with Gasteiger partial charge in [-0.2, -0.15) is 0 Å². The average molecular weight is 222 g/mol. The maximum Gasteiger partial charge on any atom is 0.211 e. The quantitative estimate of drug-likeness (QED) is 0.688. The highest BCUT2D eigenvalue weighted by Crippen LogP contribution is 1.92. The van der Waals surface area contributed by atoms with Gasteiger partial charge in [-0.05, 0) is 27.3 Å². The van der Waals surface area contributed by atoms with Crippen LogP contribution in [-0.2, 0) is 10.0 Å². The Morgan fingerprint density at radius 3 is 2.36 bits per heavy atom. The monoisotopic (exact) mass is 222 g/mol. The molecule has 0 fully saturated rings. The molecule has 14 heavy (non-hydrogen) atoms. The lowest BCUT2D eigenvalue weighted by Gasteiger charge is -2.20. The topological polar surface area (TPSA) is 49.4 Å². The first-order valence-corrected chi connectivity index (χ1v) is 6.72. The van der Waals surface area contributed by atoms with Crippen LogP contribution in [0.2, 0.25) is 0 Å². The second-order valence-electron chi connectivity index (χ2n) is 3.79. The van der Waals surface area contributed by atoms with Crippen molar-refractivity contribution in [2.45, 2.75) is 33.2 Å². The maximum absolute atomic E-state index is 11.3. The second kappa shape index (κ2) is 6.37. The Morgan fingerprint density at radius 2 is 1.93 bits per heavy atom. The number of nitrogens with one attached hydrogen (secondary N) is 1. The van der Waals surface area contributed by atoms with Gasteiger partial charge in [-0.15, -0.1) is 0 Å². The van der Waals surface area contributed by atoms with E-state index in [2.05, 4.69) is 23.5 Å². The molecule has 0 radical (unpaired) electrons. The highest BCUT2D eigenvalue weighted by atomic mass is 32.2. The van der Waals surface area contributed by atoms with E-state index in [9.17, 15) is 8.42 Å². The van der Waals surface area contributed by atoms with Crippen molar-refractivity contribution in [2.75, 3.05) is 25.9 Å². The van der Waals surface area contributed by atoms with E-state index in [4.69, 9.17) is 0 Å². The Balaban J connectivity index is 3.74. The minimum atomic E-state index is -3.03. The molecule has 86 valence electrons. The van der Waals surface area contributed by atoms with Gasteiger partial charge in [0.05, 0.1) is 5.75 Å². The molecule has 0 saturated carbocycles. The van der Waals surface area contributed by atoms with Crippen molar-refractivity contribution in [3.8, 4) is 0 Å². The Bertz CT molecular complexity index is 237. The minimum absolute atomic E-state index is 0.221. The van der Waals surface area contributed by atoms with Crippen LogP contribution in [0.25, 0.3) is 0 Å². The molecule has 0 aliphatic rings. The molecule has 5 heteroatoms. The Hall–Kier alpha value is -0.130. The zero-order chi connectivity index (χ0) is 11.2. The van der Waals surface area contributed by atoms with Gasteiger partial charge in [0.25, 0.3) is 0 Å². The molecule has 4 nitrogen and oxygen atoms in total. The third-order valence-corrected chi connectivity index (χ3v) is 3.73. The molecule has 0 amide bonds.